The minimum absolute atomic E-state index is 0.0552. The Morgan fingerprint density at radius 2 is 2.26 bits per heavy atom. The molecular formula is C14H20N2O3. The number of nitro groups is 1. The molecule has 1 aromatic rings. The van der Waals surface area contributed by atoms with E-state index in [-0.39, 0.29) is 10.6 Å². The molecule has 1 aliphatic rings. The summed E-state index contributed by atoms with van der Waals surface area (Å²) in [6.07, 6.45) is 3.59. The monoisotopic (exact) mass is 264 g/mol. The second-order valence-electron chi connectivity index (χ2n) is 4.95. The van der Waals surface area contributed by atoms with E-state index in [1.54, 1.807) is 12.1 Å². The minimum atomic E-state index is -0.382. The molecule has 0 aliphatic heterocycles. The van der Waals surface area contributed by atoms with Crippen molar-refractivity contribution in [1.82, 2.24) is 5.32 Å². The van der Waals surface area contributed by atoms with Gasteiger partial charge in [-0.05, 0) is 36.9 Å². The lowest BCUT2D eigenvalue weighted by atomic mass is 9.86. The van der Waals surface area contributed by atoms with Crippen LogP contribution in [0.2, 0.25) is 0 Å². The van der Waals surface area contributed by atoms with Crippen LogP contribution in [-0.2, 0) is 6.54 Å². The maximum absolute atomic E-state index is 11.0. The molecule has 0 atom stereocenters. The first-order valence-electron chi connectivity index (χ1n) is 6.81. The maximum Gasteiger partial charge on any atom is 0.310 e. The lowest BCUT2D eigenvalue weighted by Gasteiger charge is -2.25. The average Bonchev–Trinajstić information content (AvgIpc) is 2.34. The number of nitro benzene ring substituents is 1. The Morgan fingerprint density at radius 1 is 1.47 bits per heavy atom. The van der Waals surface area contributed by atoms with E-state index in [0.717, 1.165) is 12.1 Å². The van der Waals surface area contributed by atoms with E-state index in [4.69, 9.17) is 4.74 Å². The van der Waals surface area contributed by atoms with Crippen LogP contribution in [0.3, 0.4) is 0 Å². The average molecular weight is 264 g/mol. The molecule has 1 N–H and O–H groups in total. The third-order valence-electron chi connectivity index (χ3n) is 3.50. The molecule has 0 spiro atoms. The number of rotatable bonds is 7. The van der Waals surface area contributed by atoms with Crippen LogP contribution < -0.4 is 10.1 Å². The molecule has 0 saturated heterocycles. The van der Waals surface area contributed by atoms with E-state index in [1.165, 1.54) is 25.3 Å². The Morgan fingerprint density at radius 3 is 2.84 bits per heavy atom. The van der Waals surface area contributed by atoms with Crippen LogP contribution in [0.5, 0.6) is 5.75 Å². The van der Waals surface area contributed by atoms with Gasteiger partial charge in [0, 0.05) is 12.6 Å². The summed E-state index contributed by atoms with van der Waals surface area (Å²) in [5, 5.41) is 14.2. The number of nitrogens with zero attached hydrogens (tertiary/aromatic N) is 1. The Labute approximate surface area is 113 Å². The highest BCUT2D eigenvalue weighted by atomic mass is 16.6. The van der Waals surface area contributed by atoms with Gasteiger partial charge in [0.05, 0.1) is 11.5 Å². The second-order valence-corrected chi connectivity index (χ2v) is 4.95. The second kappa shape index (κ2) is 6.52. The Hall–Kier alpha value is -1.62. The fourth-order valence-electron chi connectivity index (χ4n) is 2.07. The zero-order chi connectivity index (χ0) is 13.7. The van der Waals surface area contributed by atoms with E-state index in [2.05, 4.69) is 5.32 Å². The van der Waals surface area contributed by atoms with E-state index in [1.807, 2.05) is 6.92 Å². The minimum Gasteiger partial charge on any atom is -0.487 e. The quantitative estimate of drug-likeness (QED) is 0.607. The molecule has 0 heterocycles. The van der Waals surface area contributed by atoms with Gasteiger partial charge in [-0.25, -0.2) is 0 Å². The van der Waals surface area contributed by atoms with Crippen LogP contribution in [0.4, 0.5) is 5.69 Å². The molecule has 104 valence electrons. The van der Waals surface area contributed by atoms with Gasteiger partial charge < -0.3 is 10.1 Å². The van der Waals surface area contributed by atoms with Gasteiger partial charge >= 0.3 is 5.69 Å². The Bertz CT molecular complexity index is 444. The molecule has 0 radical (unpaired) electrons. The van der Waals surface area contributed by atoms with Gasteiger partial charge in [0.15, 0.2) is 5.75 Å². The van der Waals surface area contributed by atoms with Crippen molar-refractivity contribution in [3.8, 4) is 5.75 Å². The van der Waals surface area contributed by atoms with Gasteiger partial charge in [-0.2, -0.15) is 0 Å². The van der Waals surface area contributed by atoms with Gasteiger partial charge in [-0.15, -0.1) is 0 Å². The van der Waals surface area contributed by atoms with Crippen molar-refractivity contribution < 1.29 is 9.66 Å². The summed E-state index contributed by atoms with van der Waals surface area (Å²) in [4.78, 5) is 10.6. The summed E-state index contributed by atoms with van der Waals surface area (Å²) in [7, 11) is 0. The molecule has 1 aromatic carbocycles. The molecule has 1 fully saturated rings. The fourth-order valence-corrected chi connectivity index (χ4v) is 2.07. The molecule has 1 aliphatic carbocycles. The van der Waals surface area contributed by atoms with E-state index in [0.29, 0.717) is 24.8 Å². The van der Waals surface area contributed by atoms with Crippen LogP contribution in [0.25, 0.3) is 0 Å². The third kappa shape index (κ3) is 3.67. The molecule has 0 unspecified atom stereocenters. The summed E-state index contributed by atoms with van der Waals surface area (Å²) < 4.78 is 5.65. The lowest BCUT2D eigenvalue weighted by Crippen LogP contribution is -2.19. The summed E-state index contributed by atoms with van der Waals surface area (Å²) in [5.41, 5.74) is 1.07. The molecule has 5 heteroatoms. The number of benzene rings is 1. The Kier molecular flexibility index (Phi) is 4.74. The predicted molar refractivity (Wildman–Crippen MR) is 73.3 cm³/mol. The van der Waals surface area contributed by atoms with E-state index >= 15 is 0 Å². The van der Waals surface area contributed by atoms with Crippen LogP contribution in [0.15, 0.2) is 18.2 Å². The number of hydrogen-bond acceptors (Lipinski definition) is 4. The summed E-state index contributed by atoms with van der Waals surface area (Å²) in [5.74, 6) is 0.962. The van der Waals surface area contributed by atoms with Crippen LogP contribution >= 0.6 is 0 Å². The predicted octanol–water partition coefficient (Wildman–Crippen LogP) is 2.88. The smallest absolute Gasteiger partial charge is 0.310 e. The molecule has 0 amide bonds. The first-order chi connectivity index (χ1) is 9.20. The summed E-state index contributed by atoms with van der Waals surface area (Å²) in [6, 6.07) is 5.08. The maximum atomic E-state index is 11.0. The SMILES string of the molecule is CCNCc1ccc([N+](=O)[O-])c(OCC2CCC2)c1. The van der Waals surface area contributed by atoms with Gasteiger partial charge in [0.1, 0.15) is 0 Å². The van der Waals surface area contributed by atoms with E-state index < -0.39 is 0 Å². The molecule has 0 aromatic heterocycles. The molecule has 1 saturated carbocycles. The lowest BCUT2D eigenvalue weighted by molar-refractivity contribution is -0.385. The topological polar surface area (TPSA) is 64.4 Å². The first-order valence-corrected chi connectivity index (χ1v) is 6.81. The molecule has 2 rings (SSSR count). The molecule has 5 nitrogen and oxygen atoms in total. The molecular weight excluding hydrogens is 244 g/mol. The fraction of sp³-hybridized carbons (Fsp3) is 0.571. The van der Waals surface area contributed by atoms with Gasteiger partial charge in [0.25, 0.3) is 0 Å². The van der Waals surface area contributed by atoms with Crippen molar-refractivity contribution >= 4 is 5.69 Å². The first kappa shape index (κ1) is 13.8. The van der Waals surface area contributed by atoms with Crippen molar-refractivity contribution in [3.63, 3.8) is 0 Å². The van der Waals surface area contributed by atoms with Crippen LogP contribution in [0, 0.1) is 16.0 Å². The number of ether oxygens (including phenoxy) is 1. The van der Waals surface area contributed by atoms with Crippen molar-refractivity contribution in [3.05, 3.63) is 33.9 Å². The van der Waals surface area contributed by atoms with Crippen molar-refractivity contribution in [2.45, 2.75) is 32.7 Å². The zero-order valence-corrected chi connectivity index (χ0v) is 11.2. The third-order valence-corrected chi connectivity index (χ3v) is 3.50. The van der Waals surface area contributed by atoms with Crippen molar-refractivity contribution in [2.24, 2.45) is 5.92 Å². The highest BCUT2D eigenvalue weighted by Gasteiger charge is 2.21. The standard InChI is InChI=1S/C14H20N2O3/c1-2-15-9-12-6-7-13(16(17)18)14(8-12)19-10-11-4-3-5-11/h6-8,11,15H,2-5,9-10H2,1H3. The van der Waals surface area contributed by atoms with Crippen LogP contribution in [-0.4, -0.2) is 18.1 Å². The number of nitrogens with one attached hydrogen (secondary N) is 1. The van der Waals surface area contributed by atoms with Crippen molar-refractivity contribution in [1.29, 1.82) is 0 Å². The highest BCUT2D eigenvalue weighted by molar-refractivity contribution is 5.48. The molecule has 0 bridgehead atoms. The normalized spacial score (nSPS) is 15.0. The van der Waals surface area contributed by atoms with Gasteiger partial charge in [0.2, 0.25) is 0 Å². The van der Waals surface area contributed by atoms with Gasteiger partial charge in [-0.3, -0.25) is 10.1 Å². The van der Waals surface area contributed by atoms with E-state index in [9.17, 15) is 10.1 Å². The summed E-state index contributed by atoms with van der Waals surface area (Å²) in [6.45, 7) is 4.19. The molecule has 19 heavy (non-hydrogen) atoms. The Balaban J connectivity index is 2.07. The zero-order valence-electron chi connectivity index (χ0n) is 11.2. The summed E-state index contributed by atoms with van der Waals surface area (Å²) >= 11 is 0. The largest absolute Gasteiger partial charge is 0.487 e. The number of hydrogen-bond donors (Lipinski definition) is 1. The highest BCUT2D eigenvalue weighted by Crippen LogP contribution is 2.31. The van der Waals surface area contributed by atoms with Crippen LogP contribution in [0.1, 0.15) is 31.7 Å². The van der Waals surface area contributed by atoms with Crippen molar-refractivity contribution in [2.75, 3.05) is 13.2 Å². The van der Waals surface area contributed by atoms with Gasteiger partial charge in [-0.1, -0.05) is 19.4 Å².